The second kappa shape index (κ2) is 5.35. The van der Waals surface area contributed by atoms with Gasteiger partial charge in [-0.05, 0) is 24.6 Å². The first kappa shape index (κ1) is 13.8. The molecule has 0 radical (unpaired) electrons. The first-order valence-electron chi connectivity index (χ1n) is 4.81. The molecule has 1 rings (SSSR count). The molecule has 17 heavy (non-hydrogen) atoms. The molecule has 1 amide bonds. The van der Waals surface area contributed by atoms with E-state index >= 15 is 0 Å². The van der Waals surface area contributed by atoms with Crippen molar-refractivity contribution < 1.29 is 18.0 Å². The molecular formula is C11H12F3NOS. The summed E-state index contributed by atoms with van der Waals surface area (Å²) in [7, 11) is -1.87. The van der Waals surface area contributed by atoms with Crippen LogP contribution in [0.5, 0.6) is 0 Å². The minimum Gasteiger partial charge on any atom is -0.369 e. The van der Waals surface area contributed by atoms with Crippen LogP contribution >= 0.6 is 10.5 Å². The Morgan fingerprint density at radius 3 is 2.24 bits per heavy atom. The molecule has 1 aromatic carbocycles. The Balaban J connectivity index is 2.98. The van der Waals surface area contributed by atoms with E-state index in [0.29, 0.717) is 5.56 Å². The molecule has 0 heterocycles. The molecule has 0 aliphatic carbocycles. The zero-order valence-electron chi connectivity index (χ0n) is 9.12. The van der Waals surface area contributed by atoms with Crippen LogP contribution in [0.3, 0.4) is 0 Å². The van der Waals surface area contributed by atoms with Crippen molar-refractivity contribution in [1.82, 2.24) is 0 Å². The maximum atomic E-state index is 12.6. The molecule has 2 nitrogen and oxygen atoms in total. The highest BCUT2D eigenvalue weighted by Crippen LogP contribution is 2.43. The molecule has 0 fully saturated rings. The second-order valence-electron chi connectivity index (χ2n) is 3.31. The van der Waals surface area contributed by atoms with Crippen LogP contribution in [0.25, 0.3) is 0 Å². The zero-order chi connectivity index (χ0) is 13.1. The fourth-order valence-corrected chi connectivity index (χ4v) is 2.59. The summed E-state index contributed by atoms with van der Waals surface area (Å²) in [6.07, 6.45) is 0.0376. The second-order valence-corrected chi connectivity index (χ2v) is 5.39. The van der Waals surface area contributed by atoms with E-state index in [0.717, 1.165) is 5.37 Å². The summed E-state index contributed by atoms with van der Waals surface area (Å²) in [5, 5.41) is 1.13. The van der Waals surface area contributed by atoms with Crippen LogP contribution in [-0.2, 0) is 11.2 Å². The minimum absolute atomic E-state index is 0.0376. The summed E-state index contributed by atoms with van der Waals surface area (Å²) in [5.74, 6) is -0.505. The van der Waals surface area contributed by atoms with Gasteiger partial charge in [0, 0.05) is 4.90 Å². The van der Waals surface area contributed by atoms with Gasteiger partial charge in [-0.15, -0.1) is 0 Å². The third kappa shape index (κ3) is 3.89. The van der Waals surface area contributed by atoms with Gasteiger partial charge in [-0.2, -0.15) is 13.2 Å². The van der Waals surface area contributed by atoms with Crippen LogP contribution in [0.2, 0.25) is 0 Å². The summed E-state index contributed by atoms with van der Waals surface area (Å²) in [5.41, 5.74) is 1.34. The molecule has 0 aliphatic heterocycles. The molecular weight excluding hydrogens is 251 g/mol. The van der Waals surface area contributed by atoms with Crippen LogP contribution in [0.4, 0.5) is 13.2 Å². The monoisotopic (exact) mass is 263 g/mol. The molecule has 0 bridgehead atoms. The Labute approximate surface area is 99.5 Å². The van der Waals surface area contributed by atoms with E-state index in [4.69, 9.17) is 5.73 Å². The maximum Gasteiger partial charge on any atom is 0.440 e. The number of amides is 1. The van der Waals surface area contributed by atoms with Crippen molar-refractivity contribution in [3.8, 4) is 0 Å². The Morgan fingerprint density at radius 2 is 1.88 bits per heavy atom. The summed E-state index contributed by atoms with van der Waals surface area (Å²) in [4.78, 5) is 10.8. The fraction of sp³-hybridized carbons (Fsp3) is 0.273. The normalized spacial score (nSPS) is 13.6. The quantitative estimate of drug-likeness (QED) is 0.837. The molecule has 94 valence electrons. The van der Waals surface area contributed by atoms with Crippen LogP contribution in [0.15, 0.2) is 29.2 Å². The highest BCUT2D eigenvalue weighted by atomic mass is 32.2. The number of alkyl halides is 3. The first-order valence-corrected chi connectivity index (χ1v) is 6.10. The molecule has 2 N–H and O–H groups in total. The molecule has 0 aliphatic rings. The standard InChI is InChI=1S/C11H12F3NOS/c1-2-17(11(12,13)14)9-5-3-8(4-6-9)7-10(15)16/h2-6H,7H2,1H3,(H2,15,16). The molecule has 0 spiro atoms. The number of primary amides is 1. The van der Waals surface area contributed by atoms with Gasteiger partial charge in [0.25, 0.3) is 0 Å². The summed E-state index contributed by atoms with van der Waals surface area (Å²) in [6.45, 7) is 1.38. The van der Waals surface area contributed by atoms with Crippen molar-refractivity contribution in [3.63, 3.8) is 0 Å². The van der Waals surface area contributed by atoms with Crippen molar-refractivity contribution in [2.75, 3.05) is 0 Å². The van der Waals surface area contributed by atoms with Gasteiger partial charge in [0.05, 0.1) is 6.42 Å². The van der Waals surface area contributed by atoms with Gasteiger partial charge < -0.3 is 5.73 Å². The van der Waals surface area contributed by atoms with Crippen molar-refractivity contribution in [2.24, 2.45) is 5.73 Å². The van der Waals surface area contributed by atoms with Crippen molar-refractivity contribution in [3.05, 3.63) is 29.8 Å². The SMILES string of the molecule is C/C=S(/c1ccc(CC(N)=O)cc1)C(F)(F)F. The third-order valence-electron chi connectivity index (χ3n) is 2.04. The minimum atomic E-state index is -4.26. The number of carbonyl (C=O) groups is 1. The lowest BCUT2D eigenvalue weighted by Gasteiger charge is -2.13. The van der Waals surface area contributed by atoms with E-state index in [1.165, 1.54) is 31.2 Å². The van der Waals surface area contributed by atoms with Crippen molar-refractivity contribution in [1.29, 1.82) is 0 Å². The highest BCUT2D eigenvalue weighted by molar-refractivity contribution is 8.15. The predicted molar refractivity (Wildman–Crippen MR) is 63.0 cm³/mol. The van der Waals surface area contributed by atoms with Gasteiger partial charge in [0.15, 0.2) is 0 Å². The Hall–Kier alpha value is -1.30. The van der Waals surface area contributed by atoms with E-state index in [1.807, 2.05) is 0 Å². The lowest BCUT2D eigenvalue weighted by molar-refractivity contribution is -0.117. The van der Waals surface area contributed by atoms with Crippen molar-refractivity contribution in [2.45, 2.75) is 23.7 Å². The van der Waals surface area contributed by atoms with Gasteiger partial charge in [-0.1, -0.05) is 28.0 Å². The number of rotatable bonds is 3. The average Bonchev–Trinajstić information content (AvgIpc) is 2.18. The molecule has 6 heteroatoms. The summed E-state index contributed by atoms with van der Waals surface area (Å²) < 4.78 is 37.9. The largest absolute Gasteiger partial charge is 0.440 e. The topological polar surface area (TPSA) is 43.1 Å². The maximum absolute atomic E-state index is 12.6. The van der Waals surface area contributed by atoms with Crippen LogP contribution in [0, 0.1) is 0 Å². The Morgan fingerprint density at radius 1 is 1.35 bits per heavy atom. The van der Waals surface area contributed by atoms with Crippen LogP contribution in [0.1, 0.15) is 12.5 Å². The Kier molecular flexibility index (Phi) is 4.34. The number of hydrogen-bond donors (Lipinski definition) is 1. The van der Waals surface area contributed by atoms with Gasteiger partial charge in [0.2, 0.25) is 5.91 Å². The fourth-order valence-electron chi connectivity index (χ4n) is 1.36. The molecule has 0 aromatic heterocycles. The van der Waals surface area contributed by atoms with E-state index in [1.54, 1.807) is 0 Å². The number of benzene rings is 1. The van der Waals surface area contributed by atoms with Gasteiger partial charge in [-0.25, -0.2) is 0 Å². The smallest absolute Gasteiger partial charge is 0.369 e. The number of halogens is 3. The number of hydrogen-bond acceptors (Lipinski definition) is 1. The number of carbonyl (C=O) groups excluding carboxylic acids is 1. The highest BCUT2D eigenvalue weighted by Gasteiger charge is 2.32. The van der Waals surface area contributed by atoms with Crippen LogP contribution in [-0.4, -0.2) is 16.8 Å². The molecule has 1 aromatic rings. The zero-order valence-corrected chi connectivity index (χ0v) is 9.94. The predicted octanol–water partition coefficient (Wildman–Crippen LogP) is 2.68. The number of nitrogens with two attached hydrogens (primary N) is 1. The molecule has 0 saturated carbocycles. The molecule has 1 unspecified atom stereocenters. The lowest BCUT2D eigenvalue weighted by atomic mass is 10.1. The van der Waals surface area contributed by atoms with E-state index in [2.05, 4.69) is 0 Å². The van der Waals surface area contributed by atoms with Crippen LogP contribution < -0.4 is 5.73 Å². The molecule has 0 saturated heterocycles. The first-order chi connectivity index (χ1) is 7.84. The van der Waals surface area contributed by atoms with E-state index < -0.39 is 21.9 Å². The van der Waals surface area contributed by atoms with E-state index in [9.17, 15) is 18.0 Å². The third-order valence-corrected chi connectivity index (χ3v) is 3.79. The van der Waals surface area contributed by atoms with Gasteiger partial charge >= 0.3 is 5.51 Å². The summed E-state index contributed by atoms with van der Waals surface area (Å²) in [6, 6.07) is 5.76. The lowest BCUT2D eigenvalue weighted by Crippen LogP contribution is -2.13. The summed E-state index contributed by atoms with van der Waals surface area (Å²) >= 11 is 0. The Bertz CT molecular complexity index is 437. The van der Waals surface area contributed by atoms with Crippen molar-refractivity contribution >= 4 is 21.8 Å². The average molecular weight is 263 g/mol. The van der Waals surface area contributed by atoms with E-state index in [-0.39, 0.29) is 11.3 Å². The van der Waals surface area contributed by atoms with Gasteiger partial charge in [0.1, 0.15) is 0 Å². The molecule has 1 atom stereocenters. The van der Waals surface area contributed by atoms with Gasteiger partial charge in [-0.3, -0.25) is 4.79 Å².